The zero-order valence-electron chi connectivity index (χ0n) is 12.7. The number of hydrogen-bond donors (Lipinski definition) is 3. The molecule has 23 heavy (non-hydrogen) atoms. The van der Waals surface area contributed by atoms with E-state index in [1.807, 2.05) is 6.92 Å². The van der Waals surface area contributed by atoms with Crippen molar-refractivity contribution in [2.24, 2.45) is 5.73 Å². The van der Waals surface area contributed by atoms with Gasteiger partial charge in [0, 0.05) is 5.02 Å². The second-order valence-electron chi connectivity index (χ2n) is 4.75. The molecule has 122 valence electrons. The first-order valence-electron chi connectivity index (χ1n) is 7.07. The second kappa shape index (κ2) is 8.30. The molecule has 0 atom stereocenters. The van der Waals surface area contributed by atoms with E-state index in [0.717, 1.165) is 5.69 Å². The van der Waals surface area contributed by atoms with Gasteiger partial charge in [0.05, 0.1) is 30.4 Å². The molecule has 2 rings (SSSR count). The van der Waals surface area contributed by atoms with Gasteiger partial charge >= 0.3 is 6.03 Å². The van der Waals surface area contributed by atoms with Crippen molar-refractivity contribution in [3.63, 3.8) is 0 Å². The molecule has 1 aromatic carbocycles. The Labute approximate surface area is 139 Å². The maximum absolute atomic E-state index is 12.1. The van der Waals surface area contributed by atoms with E-state index in [0.29, 0.717) is 41.8 Å². The summed E-state index contributed by atoms with van der Waals surface area (Å²) in [6, 6.07) is 4.53. The lowest BCUT2D eigenvalue weighted by Crippen LogP contribution is -2.21. The highest BCUT2D eigenvalue weighted by Crippen LogP contribution is 2.28. The van der Waals surface area contributed by atoms with E-state index in [1.54, 1.807) is 24.4 Å². The van der Waals surface area contributed by atoms with Crippen LogP contribution in [-0.2, 0) is 0 Å². The molecule has 0 bridgehead atoms. The molecule has 0 spiro atoms. The summed E-state index contributed by atoms with van der Waals surface area (Å²) < 4.78 is 5.59. The number of benzene rings is 1. The highest BCUT2D eigenvalue weighted by atomic mass is 35.5. The van der Waals surface area contributed by atoms with Gasteiger partial charge in [-0.05, 0) is 38.1 Å². The van der Waals surface area contributed by atoms with E-state index in [4.69, 9.17) is 22.1 Å². The number of urea groups is 1. The number of aryl methyl sites for hydroxylation is 1. The summed E-state index contributed by atoms with van der Waals surface area (Å²) >= 11 is 5.97. The van der Waals surface area contributed by atoms with Crippen molar-refractivity contribution in [2.75, 3.05) is 23.8 Å². The van der Waals surface area contributed by atoms with E-state index >= 15 is 0 Å². The fourth-order valence-corrected chi connectivity index (χ4v) is 1.89. The number of carbonyl (C=O) groups excluding carboxylic acids is 1. The fraction of sp³-hybridized carbons (Fsp3) is 0.267. The Morgan fingerprint density at radius 2 is 2.13 bits per heavy atom. The molecule has 0 radical (unpaired) electrons. The molecule has 1 heterocycles. The van der Waals surface area contributed by atoms with Crippen molar-refractivity contribution < 1.29 is 9.53 Å². The van der Waals surface area contributed by atoms with E-state index < -0.39 is 6.03 Å². The van der Waals surface area contributed by atoms with Crippen molar-refractivity contribution in [1.29, 1.82) is 0 Å². The minimum Gasteiger partial charge on any atom is -0.491 e. The van der Waals surface area contributed by atoms with Gasteiger partial charge in [0.1, 0.15) is 5.75 Å². The average Bonchev–Trinajstić information content (AvgIpc) is 2.52. The minimum atomic E-state index is -0.464. The fourth-order valence-electron chi connectivity index (χ4n) is 1.72. The number of carbonyl (C=O) groups is 1. The number of hydrogen-bond acceptors (Lipinski definition) is 5. The van der Waals surface area contributed by atoms with Crippen molar-refractivity contribution >= 4 is 29.1 Å². The smallest absolute Gasteiger partial charge is 0.325 e. The van der Waals surface area contributed by atoms with Crippen LogP contribution >= 0.6 is 11.6 Å². The first kappa shape index (κ1) is 17.0. The maximum Gasteiger partial charge on any atom is 0.325 e. The van der Waals surface area contributed by atoms with Crippen molar-refractivity contribution in [1.82, 2.24) is 9.97 Å². The van der Waals surface area contributed by atoms with E-state index in [9.17, 15) is 4.79 Å². The van der Waals surface area contributed by atoms with Gasteiger partial charge in [0.15, 0.2) is 5.82 Å². The number of nitrogens with one attached hydrogen (secondary N) is 2. The molecule has 2 amide bonds. The average molecular weight is 336 g/mol. The van der Waals surface area contributed by atoms with Crippen LogP contribution in [-0.4, -0.2) is 29.2 Å². The molecular weight excluding hydrogens is 318 g/mol. The normalized spacial score (nSPS) is 10.2. The number of rotatable bonds is 6. The van der Waals surface area contributed by atoms with Crippen molar-refractivity contribution in [3.8, 4) is 5.75 Å². The minimum absolute atomic E-state index is 0.348. The summed E-state index contributed by atoms with van der Waals surface area (Å²) in [7, 11) is 0. The van der Waals surface area contributed by atoms with Gasteiger partial charge in [-0.2, -0.15) is 0 Å². The molecule has 2 aromatic rings. The molecule has 0 saturated heterocycles. The lowest BCUT2D eigenvalue weighted by Gasteiger charge is -2.13. The Kier molecular flexibility index (Phi) is 6.13. The summed E-state index contributed by atoms with van der Waals surface area (Å²) in [5.41, 5.74) is 6.67. The van der Waals surface area contributed by atoms with Gasteiger partial charge in [-0.25, -0.2) is 9.78 Å². The maximum atomic E-state index is 12.1. The van der Waals surface area contributed by atoms with Crippen LogP contribution in [0.1, 0.15) is 12.1 Å². The van der Waals surface area contributed by atoms with E-state index in [2.05, 4.69) is 20.6 Å². The quantitative estimate of drug-likeness (QED) is 0.704. The van der Waals surface area contributed by atoms with Gasteiger partial charge < -0.3 is 15.8 Å². The third-order valence-electron chi connectivity index (χ3n) is 2.82. The molecule has 0 unspecified atom stereocenters. The molecule has 4 N–H and O–H groups in total. The first-order chi connectivity index (χ1) is 11.1. The predicted molar refractivity (Wildman–Crippen MR) is 90.0 cm³/mol. The number of amides is 2. The predicted octanol–water partition coefficient (Wildman–Crippen LogP) is 2.81. The zero-order chi connectivity index (χ0) is 16.7. The monoisotopic (exact) mass is 335 g/mol. The summed E-state index contributed by atoms with van der Waals surface area (Å²) in [6.07, 6.45) is 3.76. The van der Waals surface area contributed by atoms with Crippen molar-refractivity contribution in [3.05, 3.63) is 41.3 Å². The molecule has 0 saturated carbocycles. The molecule has 1 aromatic heterocycles. The SMILES string of the molecule is Cc1cnc(NC(=O)Nc2cc(Cl)ccc2OCCCN)cn1. The largest absolute Gasteiger partial charge is 0.491 e. The van der Waals surface area contributed by atoms with Crippen LogP contribution in [0.2, 0.25) is 5.02 Å². The summed E-state index contributed by atoms with van der Waals surface area (Å²) in [5, 5.41) is 5.76. The second-order valence-corrected chi connectivity index (χ2v) is 5.19. The van der Waals surface area contributed by atoms with Crippen LogP contribution < -0.4 is 21.1 Å². The summed E-state index contributed by atoms with van der Waals surface area (Å²) in [4.78, 5) is 20.2. The molecule has 0 aliphatic carbocycles. The number of nitrogens with two attached hydrogens (primary N) is 1. The number of nitrogens with zero attached hydrogens (tertiary/aromatic N) is 2. The van der Waals surface area contributed by atoms with Crippen LogP contribution in [0.15, 0.2) is 30.6 Å². The van der Waals surface area contributed by atoms with Crippen LogP contribution in [0, 0.1) is 6.92 Å². The van der Waals surface area contributed by atoms with Crippen LogP contribution in [0.25, 0.3) is 0 Å². The Balaban J connectivity index is 2.03. The summed E-state index contributed by atoms with van der Waals surface area (Å²) in [6.45, 7) is 2.80. The first-order valence-corrected chi connectivity index (χ1v) is 7.45. The Morgan fingerprint density at radius 1 is 1.30 bits per heavy atom. The molecule has 7 nitrogen and oxygen atoms in total. The van der Waals surface area contributed by atoms with Crippen LogP contribution in [0.4, 0.5) is 16.3 Å². The number of ether oxygens (including phenoxy) is 1. The van der Waals surface area contributed by atoms with Gasteiger partial charge in [-0.3, -0.25) is 10.3 Å². The summed E-state index contributed by atoms with van der Waals surface area (Å²) in [5.74, 6) is 0.869. The Morgan fingerprint density at radius 3 is 2.83 bits per heavy atom. The third kappa shape index (κ3) is 5.39. The highest BCUT2D eigenvalue weighted by Gasteiger charge is 2.10. The molecular formula is C15H18ClN5O2. The van der Waals surface area contributed by atoms with E-state index in [-0.39, 0.29) is 0 Å². The number of anilines is 2. The lowest BCUT2D eigenvalue weighted by atomic mass is 10.3. The molecule has 0 fully saturated rings. The van der Waals surface area contributed by atoms with E-state index in [1.165, 1.54) is 6.20 Å². The number of halogens is 1. The zero-order valence-corrected chi connectivity index (χ0v) is 13.4. The highest BCUT2D eigenvalue weighted by molar-refractivity contribution is 6.31. The molecule has 0 aliphatic heterocycles. The molecule has 8 heteroatoms. The number of aromatic nitrogens is 2. The van der Waals surface area contributed by atoms with Crippen molar-refractivity contribution in [2.45, 2.75) is 13.3 Å². The van der Waals surface area contributed by atoms with Crippen LogP contribution in [0.3, 0.4) is 0 Å². The van der Waals surface area contributed by atoms with Gasteiger partial charge in [-0.15, -0.1) is 0 Å². The lowest BCUT2D eigenvalue weighted by molar-refractivity contribution is 0.261. The van der Waals surface area contributed by atoms with Crippen LogP contribution in [0.5, 0.6) is 5.75 Å². The van der Waals surface area contributed by atoms with Gasteiger partial charge in [0.25, 0.3) is 0 Å². The third-order valence-corrected chi connectivity index (χ3v) is 3.05. The Bertz CT molecular complexity index is 663. The topological polar surface area (TPSA) is 102 Å². The standard InChI is InChI=1S/C15H18ClN5O2/c1-10-8-19-14(9-18-10)21-15(22)20-12-7-11(16)3-4-13(12)23-6-2-5-17/h3-4,7-9H,2,5-6,17H2,1H3,(H2,19,20,21,22). The Hall–Kier alpha value is -2.38. The van der Waals surface area contributed by atoms with Gasteiger partial charge in [-0.1, -0.05) is 11.6 Å². The van der Waals surface area contributed by atoms with Gasteiger partial charge in [0.2, 0.25) is 0 Å². The molecule has 0 aliphatic rings.